The Morgan fingerprint density at radius 1 is 1.35 bits per heavy atom. The highest BCUT2D eigenvalue weighted by Gasteiger charge is 2.24. The highest BCUT2D eigenvalue weighted by molar-refractivity contribution is 5.85. The summed E-state index contributed by atoms with van der Waals surface area (Å²) in [6.07, 6.45) is -0.0159. The van der Waals surface area contributed by atoms with E-state index in [1.165, 1.54) is 0 Å². The van der Waals surface area contributed by atoms with Crippen molar-refractivity contribution in [1.82, 2.24) is 15.3 Å². The lowest BCUT2D eigenvalue weighted by Crippen LogP contribution is -2.45. The summed E-state index contributed by atoms with van der Waals surface area (Å²) >= 11 is 0. The van der Waals surface area contributed by atoms with Crippen molar-refractivity contribution in [2.75, 3.05) is 0 Å². The second kappa shape index (κ2) is 6.31. The van der Waals surface area contributed by atoms with E-state index in [1.54, 1.807) is 27.7 Å². The van der Waals surface area contributed by atoms with Crippen molar-refractivity contribution in [3.63, 3.8) is 0 Å². The molecule has 110 valence electrons. The molecule has 7 heteroatoms. The number of H-pyrrole nitrogens is 1. The van der Waals surface area contributed by atoms with E-state index in [9.17, 15) is 14.4 Å². The Balaban J connectivity index is 2.87. The first-order chi connectivity index (χ1) is 9.22. The number of nitrogens with zero attached hydrogens (tertiary/aromatic N) is 1. The summed E-state index contributed by atoms with van der Waals surface area (Å²) in [5, 5.41) is 11.5. The first-order valence-corrected chi connectivity index (χ1v) is 6.31. The van der Waals surface area contributed by atoms with Crippen LogP contribution < -0.4 is 11.0 Å². The number of carboxylic acids is 1. The highest BCUT2D eigenvalue weighted by atomic mass is 16.4. The van der Waals surface area contributed by atoms with E-state index in [1.807, 2.05) is 0 Å². The number of amides is 1. The highest BCUT2D eigenvalue weighted by Crippen LogP contribution is 2.08. The molecular weight excluding hydrogens is 262 g/mol. The Morgan fingerprint density at radius 3 is 2.40 bits per heavy atom. The molecule has 1 aromatic heterocycles. The van der Waals surface area contributed by atoms with Gasteiger partial charge >= 0.3 is 11.7 Å². The molecule has 0 unspecified atom stereocenters. The number of hydrogen-bond donors (Lipinski definition) is 3. The average molecular weight is 281 g/mol. The molecule has 20 heavy (non-hydrogen) atoms. The fourth-order valence-electron chi connectivity index (χ4n) is 1.91. The standard InChI is InChI=1S/C13H19N3O4/c1-6(2)11(12(18)19)16-10(17)5-9-7(3)14-13(20)15-8(9)4/h6,11H,5H2,1-4H3,(H,16,17)(H,18,19)(H,14,15,20)/t11-/m0/s1. The maximum Gasteiger partial charge on any atom is 0.345 e. The molecule has 0 saturated heterocycles. The molecule has 1 heterocycles. The fraction of sp³-hybridized carbons (Fsp3) is 0.538. The number of aliphatic carboxylic acids is 1. The zero-order chi connectivity index (χ0) is 15.4. The van der Waals surface area contributed by atoms with Crippen molar-refractivity contribution in [1.29, 1.82) is 0 Å². The molecule has 1 atom stereocenters. The lowest BCUT2D eigenvalue weighted by atomic mass is 10.0. The van der Waals surface area contributed by atoms with Crippen LogP contribution in [0.5, 0.6) is 0 Å². The molecule has 1 amide bonds. The Kier molecular flexibility index (Phi) is 5.01. The average Bonchev–Trinajstić information content (AvgIpc) is 2.29. The number of carbonyl (C=O) groups excluding carboxylic acids is 1. The Hall–Kier alpha value is -2.18. The largest absolute Gasteiger partial charge is 0.480 e. The minimum Gasteiger partial charge on any atom is -0.480 e. The number of rotatable bonds is 5. The Bertz CT molecular complexity index is 551. The molecule has 3 N–H and O–H groups in total. The molecule has 1 rings (SSSR count). The smallest absolute Gasteiger partial charge is 0.345 e. The Labute approximate surface area is 116 Å². The van der Waals surface area contributed by atoms with Crippen LogP contribution in [0, 0.1) is 19.8 Å². The Morgan fingerprint density at radius 2 is 1.95 bits per heavy atom. The molecule has 0 aliphatic heterocycles. The van der Waals surface area contributed by atoms with Crippen molar-refractivity contribution in [3.8, 4) is 0 Å². The summed E-state index contributed by atoms with van der Waals surface area (Å²) in [5.41, 5.74) is 1.18. The number of nitrogens with one attached hydrogen (secondary N) is 2. The zero-order valence-corrected chi connectivity index (χ0v) is 12.0. The van der Waals surface area contributed by atoms with Gasteiger partial charge in [0.05, 0.1) is 6.42 Å². The first-order valence-electron chi connectivity index (χ1n) is 6.31. The second-order valence-corrected chi connectivity index (χ2v) is 5.04. The number of aryl methyl sites for hydroxylation is 2. The number of aromatic amines is 1. The lowest BCUT2D eigenvalue weighted by molar-refractivity contribution is -0.143. The monoisotopic (exact) mass is 281 g/mol. The molecule has 0 spiro atoms. The predicted octanol–water partition coefficient (Wildman–Crippen LogP) is 0.155. The van der Waals surface area contributed by atoms with Crippen LogP contribution in [0.25, 0.3) is 0 Å². The van der Waals surface area contributed by atoms with Gasteiger partial charge in [-0.15, -0.1) is 0 Å². The quantitative estimate of drug-likeness (QED) is 0.711. The van der Waals surface area contributed by atoms with E-state index in [-0.39, 0.29) is 12.3 Å². The van der Waals surface area contributed by atoms with Gasteiger partial charge in [0.25, 0.3) is 0 Å². The molecule has 0 fully saturated rings. The number of carboxylic acid groups (broad SMARTS) is 1. The first kappa shape index (κ1) is 15.9. The summed E-state index contributed by atoms with van der Waals surface area (Å²) < 4.78 is 0. The molecular formula is C13H19N3O4. The van der Waals surface area contributed by atoms with E-state index in [2.05, 4.69) is 15.3 Å². The summed E-state index contributed by atoms with van der Waals surface area (Å²) in [6.45, 7) is 6.76. The SMILES string of the molecule is Cc1nc(=O)[nH]c(C)c1CC(=O)N[C@H](C(=O)O)C(C)C. The minimum absolute atomic E-state index is 0.0159. The van der Waals surface area contributed by atoms with E-state index < -0.39 is 23.6 Å². The van der Waals surface area contributed by atoms with Crippen LogP contribution in [0.1, 0.15) is 30.8 Å². The van der Waals surface area contributed by atoms with Crippen molar-refractivity contribution in [2.45, 2.75) is 40.2 Å². The van der Waals surface area contributed by atoms with E-state index in [0.29, 0.717) is 17.0 Å². The van der Waals surface area contributed by atoms with Gasteiger partial charge in [0, 0.05) is 17.0 Å². The van der Waals surface area contributed by atoms with Crippen molar-refractivity contribution >= 4 is 11.9 Å². The summed E-state index contributed by atoms with van der Waals surface area (Å²) in [7, 11) is 0. The van der Waals surface area contributed by atoms with Crippen LogP contribution in [0.2, 0.25) is 0 Å². The third kappa shape index (κ3) is 3.91. The predicted molar refractivity (Wildman–Crippen MR) is 72.4 cm³/mol. The molecule has 1 aromatic rings. The van der Waals surface area contributed by atoms with Gasteiger partial charge in [-0.3, -0.25) is 4.79 Å². The van der Waals surface area contributed by atoms with Crippen LogP contribution in [0.3, 0.4) is 0 Å². The van der Waals surface area contributed by atoms with Gasteiger partial charge in [0.15, 0.2) is 0 Å². The number of carbonyl (C=O) groups is 2. The van der Waals surface area contributed by atoms with E-state index in [4.69, 9.17) is 5.11 Å². The fourth-order valence-corrected chi connectivity index (χ4v) is 1.91. The van der Waals surface area contributed by atoms with Crippen molar-refractivity contribution in [2.24, 2.45) is 5.92 Å². The van der Waals surface area contributed by atoms with Gasteiger partial charge in [-0.05, 0) is 19.8 Å². The maximum atomic E-state index is 11.9. The number of aromatic nitrogens is 2. The summed E-state index contributed by atoms with van der Waals surface area (Å²) in [6, 6.07) is -0.932. The van der Waals surface area contributed by atoms with E-state index in [0.717, 1.165) is 0 Å². The molecule has 0 radical (unpaired) electrons. The van der Waals surface area contributed by atoms with Gasteiger partial charge < -0.3 is 15.4 Å². The van der Waals surface area contributed by atoms with Crippen LogP contribution in [0.15, 0.2) is 4.79 Å². The lowest BCUT2D eigenvalue weighted by Gasteiger charge is -2.18. The van der Waals surface area contributed by atoms with Crippen LogP contribution in [0.4, 0.5) is 0 Å². The maximum absolute atomic E-state index is 11.9. The molecule has 0 aromatic carbocycles. The summed E-state index contributed by atoms with van der Waals surface area (Å²) in [5.74, 6) is -1.69. The van der Waals surface area contributed by atoms with Crippen LogP contribution in [-0.4, -0.2) is 33.0 Å². The normalized spacial score (nSPS) is 12.2. The van der Waals surface area contributed by atoms with Crippen molar-refractivity contribution in [3.05, 3.63) is 27.4 Å². The zero-order valence-electron chi connectivity index (χ0n) is 12.0. The summed E-state index contributed by atoms with van der Waals surface area (Å²) in [4.78, 5) is 40.4. The molecule has 7 nitrogen and oxygen atoms in total. The van der Waals surface area contributed by atoms with Crippen LogP contribution >= 0.6 is 0 Å². The topological polar surface area (TPSA) is 112 Å². The van der Waals surface area contributed by atoms with Gasteiger partial charge in [-0.1, -0.05) is 13.8 Å². The van der Waals surface area contributed by atoms with Gasteiger partial charge in [-0.2, -0.15) is 4.98 Å². The van der Waals surface area contributed by atoms with Gasteiger partial charge in [0.1, 0.15) is 6.04 Å². The van der Waals surface area contributed by atoms with Gasteiger partial charge in [0.2, 0.25) is 5.91 Å². The molecule has 0 aliphatic carbocycles. The van der Waals surface area contributed by atoms with Gasteiger partial charge in [-0.25, -0.2) is 9.59 Å². The molecule has 0 bridgehead atoms. The van der Waals surface area contributed by atoms with E-state index >= 15 is 0 Å². The molecule has 0 saturated carbocycles. The third-order valence-corrected chi connectivity index (χ3v) is 3.04. The van der Waals surface area contributed by atoms with Crippen molar-refractivity contribution < 1.29 is 14.7 Å². The number of hydrogen-bond acceptors (Lipinski definition) is 4. The minimum atomic E-state index is -1.07. The van der Waals surface area contributed by atoms with Crippen LogP contribution in [-0.2, 0) is 16.0 Å². The molecule has 0 aliphatic rings. The third-order valence-electron chi connectivity index (χ3n) is 3.04. The second-order valence-electron chi connectivity index (χ2n) is 5.04.